The zero-order valence-electron chi connectivity index (χ0n) is 12.3. The van der Waals surface area contributed by atoms with E-state index in [4.69, 9.17) is 0 Å². The zero-order chi connectivity index (χ0) is 13.8. The summed E-state index contributed by atoms with van der Waals surface area (Å²) >= 11 is 0. The van der Waals surface area contributed by atoms with E-state index in [1.165, 1.54) is 5.56 Å². The van der Waals surface area contributed by atoms with Crippen LogP contribution in [0.15, 0.2) is 24.3 Å². The van der Waals surface area contributed by atoms with Gasteiger partial charge >= 0.3 is 0 Å². The highest BCUT2D eigenvalue weighted by Gasteiger charge is 2.15. The first kappa shape index (κ1) is 14.7. The van der Waals surface area contributed by atoms with Gasteiger partial charge in [0.15, 0.2) is 0 Å². The third kappa shape index (κ3) is 3.86. The number of hydrogen-bond acceptors (Lipinski definition) is 1. The lowest BCUT2D eigenvalue weighted by Crippen LogP contribution is -2.27. The normalized spacial score (nSPS) is 11.4. The number of amides is 1. The monoisotopic (exact) mass is 247 g/mol. The van der Waals surface area contributed by atoms with Crippen molar-refractivity contribution >= 4 is 5.91 Å². The molecule has 0 bridgehead atoms. The smallest absolute Gasteiger partial charge is 0.253 e. The summed E-state index contributed by atoms with van der Waals surface area (Å²) < 4.78 is 0. The predicted octanol–water partition coefficient (Wildman–Crippen LogP) is 3.86. The Morgan fingerprint density at radius 1 is 1.17 bits per heavy atom. The lowest BCUT2D eigenvalue weighted by molar-refractivity contribution is 0.0793. The highest BCUT2D eigenvalue weighted by Crippen LogP contribution is 2.22. The maximum absolute atomic E-state index is 12.1. The molecular weight excluding hydrogens is 222 g/mol. The number of nitrogens with zero attached hydrogens (tertiary/aromatic N) is 1. The molecule has 0 heterocycles. The van der Waals surface area contributed by atoms with Crippen molar-refractivity contribution in [1.82, 2.24) is 4.90 Å². The molecule has 1 aromatic carbocycles. The van der Waals surface area contributed by atoms with E-state index in [-0.39, 0.29) is 11.3 Å². The number of carbonyl (C=O) groups is 1. The molecule has 0 aromatic heterocycles. The van der Waals surface area contributed by atoms with Crippen LogP contribution in [-0.4, -0.2) is 24.4 Å². The van der Waals surface area contributed by atoms with Gasteiger partial charge < -0.3 is 4.90 Å². The minimum Gasteiger partial charge on any atom is -0.342 e. The van der Waals surface area contributed by atoms with Crippen molar-refractivity contribution < 1.29 is 4.79 Å². The molecule has 0 radical (unpaired) electrons. The second-order valence-corrected chi connectivity index (χ2v) is 5.91. The summed E-state index contributed by atoms with van der Waals surface area (Å²) in [6.07, 6.45) is 2.17. The van der Waals surface area contributed by atoms with Crippen molar-refractivity contribution in [2.45, 2.75) is 46.0 Å². The van der Waals surface area contributed by atoms with Crippen LogP contribution >= 0.6 is 0 Å². The highest BCUT2D eigenvalue weighted by molar-refractivity contribution is 5.94. The molecule has 0 unspecified atom stereocenters. The maximum atomic E-state index is 12.1. The molecule has 0 saturated heterocycles. The Kier molecular flexibility index (Phi) is 4.94. The fraction of sp³-hybridized carbons (Fsp3) is 0.562. The Morgan fingerprint density at radius 2 is 1.72 bits per heavy atom. The van der Waals surface area contributed by atoms with E-state index in [0.29, 0.717) is 0 Å². The molecule has 0 atom stereocenters. The first-order chi connectivity index (χ1) is 8.36. The van der Waals surface area contributed by atoms with E-state index >= 15 is 0 Å². The second-order valence-electron chi connectivity index (χ2n) is 5.91. The highest BCUT2D eigenvalue weighted by atomic mass is 16.2. The molecule has 0 fully saturated rings. The van der Waals surface area contributed by atoms with Gasteiger partial charge in [0, 0.05) is 19.2 Å². The summed E-state index contributed by atoms with van der Waals surface area (Å²) in [5.41, 5.74) is 2.17. The van der Waals surface area contributed by atoms with E-state index in [9.17, 15) is 4.79 Å². The van der Waals surface area contributed by atoms with Gasteiger partial charge in [-0.3, -0.25) is 4.79 Å². The van der Waals surface area contributed by atoms with Crippen molar-refractivity contribution in [3.05, 3.63) is 35.4 Å². The van der Waals surface area contributed by atoms with E-state index < -0.39 is 0 Å². The topological polar surface area (TPSA) is 20.3 Å². The molecule has 0 aliphatic rings. The summed E-state index contributed by atoms with van der Waals surface area (Å²) in [5, 5.41) is 0. The molecule has 1 aromatic rings. The van der Waals surface area contributed by atoms with Crippen LogP contribution in [0.5, 0.6) is 0 Å². The average Bonchev–Trinajstić information content (AvgIpc) is 2.34. The summed E-state index contributed by atoms with van der Waals surface area (Å²) in [7, 11) is 1.87. The van der Waals surface area contributed by atoms with Crippen molar-refractivity contribution in [1.29, 1.82) is 0 Å². The average molecular weight is 247 g/mol. The minimum absolute atomic E-state index is 0.115. The lowest BCUT2D eigenvalue weighted by atomic mass is 9.86. The molecule has 0 aliphatic carbocycles. The van der Waals surface area contributed by atoms with Gasteiger partial charge in [0.05, 0.1) is 0 Å². The SMILES string of the molecule is CCCCN(C)C(=O)c1ccc(C(C)(C)C)cc1. The first-order valence-corrected chi connectivity index (χ1v) is 6.72. The van der Waals surface area contributed by atoms with Crippen LogP contribution < -0.4 is 0 Å². The van der Waals surface area contributed by atoms with Crippen LogP contribution in [0, 0.1) is 0 Å². The fourth-order valence-electron chi connectivity index (χ4n) is 1.83. The van der Waals surface area contributed by atoms with Crippen LogP contribution in [0.25, 0.3) is 0 Å². The number of rotatable bonds is 4. The van der Waals surface area contributed by atoms with Gasteiger partial charge in [-0.1, -0.05) is 46.2 Å². The number of hydrogen-bond donors (Lipinski definition) is 0. The van der Waals surface area contributed by atoms with E-state index in [2.05, 4.69) is 39.8 Å². The Hall–Kier alpha value is -1.31. The molecule has 1 rings (SSSR count). The molecule has 0 spiro atoms. The molecule has 0 aliphatic heterocycles. The van der Waals surface area contributed by atoms with Gasteiger partial charge in [-0.15, -0.1) is 0 Å². The molecule has 0 saturated carbocycles. The first-order valence-electron chi connectivity index (χ1n) is 6.72. The summed E-state index contributed by atoms with van der Waals surface area (Å²) in [5.74, 6) is 0.115. The standard InChI is InChI=1S/C16H25NO/c1-6-7-12-17(5)15(18)13-8-10-14(11-9-13)16(2,3)4/h8-11H,6-7,12H2,1-5H3. The van der Waals surface area contributed by atoms with E-state index in [1.807, 2.05) is 19.2 Å². The van der Waals surface area contributed by atoms with Gasteiger partial charge in [0.25, 0.3) is 5.91 Å². The molecule has 0 N–H and O–H groups in total. The van der Waals surface area contributed by atoms with Crippen LogP contribution in [-0.2, 0) is 5.41 Å². The third-order valence-corrected chi connectivity index (χ3v) is 3.19. The quantitative estimate of drug-likeness (QED) is 0.791. The van der Waals surface area contributed by atoms with Gasteiger partial charge in [0.2, 0.25) is 0 Å². The third-order valence-electron chi connectivity index (χ3n) is 3.19. The van der Waals surface area contributed by atoms with E-state index in [1.54, 1.807) is 4.90 Å². The van der Waals surface area contributed by atoms with Crippen molar-refractivity contribution in [2.24, 2.45) is 0 Å². The van der Waals surface area contributed by atoms with Gasteiger partial charge in [-0.2, -0.15) is 0 Å². The molecule has 100 valence electrons. The molecular formula is C16H25NO. The van der Waals surface area contributed by atoms with Crippen LogP contribution in [0.3, 0.4) is 0 Å². The summed E-state index contributed by atoms with van der Waals surface area (Å²) in [4.78, 5) is 13.9. The van der Waals surface area contributed by atoms with Crippen LogP contribution in [0.1, 0.15) is 56.5 Å². The molecule has 2 heteroatoms. The number of unbranched alkanes of at least 4 members (excludes halogenated alkanes) is 1. The summed E-state index contributed by atoms with van der Waals surface area (Å²) in [6, 6.07) is 7.98. The van der Waals surface area contributed by atoms with Crippen LogP contribution in [0.2, 0.25) is 0 Å². The number of benzene rings is 1. The maximum Gasteiger partial charge on any atom is 0.253 e. The van der Waals surface area contributed by atoms with Crippen molar-refractivity contribution in [3.63, 3.8) is 0 Å². The van der Waals surface area contributed by atoms with Gasteiger partial charge in [0.1, 0.15) is 0 Å². The Morgan fingerprint density at radius 3 is 2.17 bits per heavy atom. The largest absolute Gasteiger partial charge is 0.342 e. The fourth-order valence-corrected chi connectivity index (χ4v) is 1.83. The minimum atomic E-state index is 0.115. The van der Waals surface area contributed by atoms with Gasteiger partial charge in [-0.05, 0) is 29.5 Å². The molecule has 2 nitrogen and oxygen atoms in total. The predicted molar refractivity (Wildman–Crippen MR) is 77.0 cm³/mol. The van der Waals surface area contributed by atoms with Crippen molar-refractivity contribution in [2.75, 3.05) is 13.6 Å². The Balaban J connectivity index is 2.76. The van der Waals surface area contributed by atoms with Crippen LogP contribution in [0.4, 0.5) is 0 Å². The Bertz CT molecular complexity index is 387. The number of carbonyl (C=O) groups excluding carboxylic acids is 1. The Labute approximate surface area is 111 Å². The summed E-state index contributed by atoms with van der Waals surface area (Å²) in [6.45, 7) is 9.50. The molecule has 1 amide bonds. The van der Waals surface area contributed by atoms with Gasteiger partial charge in [-0.25, -0.2) is 0 Å². The second kappa shape index (κ2) is 6.03. The lowest BCUT2D eigenvalue weighted by Gasteiger charge is -2.20. The zero-order valence-corrected chi connectivity index (χ0v) is 12.3. The van der Waals surface area contributed by atoms with Crippen molar-refractivity contribution in [3.8, 4) is 0 Å². The van der Waals surface area contributed by atoms with E-state index in [0.717, 1.165) is 24.9 Å². The molecule has 18 heavy (non-hydrogen) atoms.